The summed E-state index contributed by atoms with van der Waals surface area (Å²) in [5, 5.41) is 3.41. The first-order valence-corrected chi connectivity index (χ1v) is 6.98. The topological polar surface area (TPSA) is 56.3 Å². The van der Waals surface area contributed by atoms with E-state index >= 15 is 0 Å². The van der Waals surface area contributed by atoms with Crippen molar-refractivity contribution in [1.29, 1.82) is 0 Å². The van der Waals surface area contributed by atoms with Crippen LogP contribution in [0.4, 0.5) is 5.95 Å². The van der Waals surface area contributed by atoms with Gasteiger partial charge in [-0.15, -0.1) is 0 Å². The predicted molar refractivity (Wildman–Crippen MR) is 74.8 cm³/mol. The summed E-state index contributed by atoms with van der Waals surface area (Å²) < 4.78 is 10.3. The molecule has 2 rings (SSSR count). The SMILES string of the molecule is CCC1CCCC(Nc2nc(OC)cc(OC)n2)C1. The fourth-order valence-corrected chi connectivity index (χ4v) is 2.65. The maximum atomic E-state index is 5.16. The summed E-state index contributed by atoms with van der Waals surface area (Å²) in [6, 6.07) is 2.14. The van der Waals surface area contributed by atoms with E-state index in [-0.39, 0.29) is 0 Å². The lowest BCUT2D eigenvalue weighted by atomic mass is 9.84. The standard InChI is InChI=1S/C14H23N3O2/c1-4-10-6-5-7-11(8-10)15-14-16-12(18-2)9-13(17-14)19-3/h9-11H,4-8H2,1-3H3,(H,15,16,17). The van der Waals surface area contributed by atoms with Crippen LogP contribution in [0.25, 0.3) is 0 Å². The second-order valence-electron chi connectivity index (χ2n) is 5.06. The molecule has 19 heavy (non-hydrogen) atoms. The number of nitrogens with one attached hydrogen (secondary N) is 1. The zero-order valence-corrected chi connectivity index (χ0v) is 12.0. The molecule has 0 amide bonds. The van der Waals surface area contributed by atoms with Crippen LogP contribution < -0.4 is 14.8 Å². The van der Waals surface area contributed by atoms with Crippen LogP contribution in [0, 0.1) is 5.92 Å². The second-order valence-corrected chi connectivity index (χ2v) is 5.06. The van der Waals surface area contributed by atoms with Gasteiger partial charge in [0.05, 0.1) is 20.3 Å². The van der Waals surface area contributed by atoms with E-state index in [1.165, 1.54) is 32.1 Å². The molecule has 1 aromatic heterocycles. The van der Waals surface area contributed by atoms with Crippen molar-refractivity contribution in [3.8, 4) is 11.8 Å². The summed E-state index contributed by atoms with van der Waals surface area (Å²) in [7, 11) is 3.19. The molecule has 106 valence electrons. The molecule has 1 N–H and O–H groups in total. The first-order valence-electron chi connectivity index (χ1n) is 6.98. The quantitative estimate of drug-likeness (QED) is 0.887. The van der Waals surface area contributed by atoms with E-state index < -0.39 is 0 Å². The van der Waals surface area contributed by atoms with Crippen molar-refractivity contribution in [2.24, 2.45) is 5.92 Å². The van der Waals surface area contributed by atoms with E-state index in [4.69, 9.17) is 9.47 Å². The molecular weight excluding hydrogens is 242 g/mol. The van der Waals surface area contributed by atoms with Crippen molar-refractivity contribution in [2.45, 2.75) is 45.1 Å². The van der Waals surface area contributed by atoms with Crippen LogP contribution in [0.1, 0.15) is 39.0 Å². The van der Waals surface area contributed by atoms with Crippen LogP contribution in [-0.2, 0) is 0 Å². The van der Waals surface area contributed by atoms with Crippen LogP contribution in [0.2, 0.25) is 0 Å². The first-order chi connectivity index (χ1) is 9.25. The van der Waals surface area contributed by atoms with Crippen LogP contribution in [0.15, 0.2) is 6.07 Å². The van der Waals surface area contributed by atoms with E-state index in [1.54, 1.807) is 20.3 Å². The molecule has 2 unspecified atom stereocenters. The Hall–Kier alpha value is -1.52. The maximum Gasteiger partial charge on any atom is 0.229 e. The third-order valence-electron chi connectivity index (χ3n) is 3.79. The van der Waals surface area contributed by atoms with Crippen molar-refractivity contribution in [2.75, 3.05) is 19.5 Å². The lowest BCUT2D eigenvalue weighted by Gasteiger charge is -2.29. The van der Waals surface area contributed by atoms with Crippen molar-refractivity contribution >= 4 is 5.95 Å². The molecule has 0 aliphatic heterocycles. The van der Waals surface area contributed by atoms with Gasteiger partial charge in [0.15, 0.2) is 0 Å². The Labute approximate surface area is 114 Å². The van der Waals surface area contributed by atoms with Gasteiger partial charge in [0.25, 0.3) is 0 Å². The van der Waals surface area contributed by atoms with Gasteiger partial charge in [-0.1, -0.05) is 26.2 Å². The molecule has 1 saturated carbocycles. The Morgan fingerprint density at radius 3 is 2.47 bits per heavy atom. The molecule has 1 fully saturated rings. The highest BCUT2D eigenvalue weighted by Gasteiger charge is 2.21. The number of rotatable bonds is 5. The molecule has 0 spiro atoms. The second kappa shape index (κ2) is 6.59. The molecule has 1 aromatic rings. The molecule has 1 aliphatic rings. The minimum atomic E-state index is 0.454. The highest BCUT2D eigenvalue weighted by molar-refractivity contribution is 5.34. The average Bonchev–Trinajstić information content (AvgIpc) is 2.47. The number of nitrogens with zero attached hydrogens (tertiary/aromatic N) is 2. The number of ether oxygens (including phenoxy) is 2. The zero-order chi connectivity index (χ0) is 13.7. The summed E-state index contributed by atoms with van der Waals surface area (Å²) in [4.78, 5) is 8.64. The minimum absolute atomic E-state index is 0.454. The predicted octanol–water partition coefficient (Wildman–Crippen LogP) is 2.87. The summed E-state index contributed by atoms with van der Waals surface area (Å²) in [6.45, 7) is 2.26. The molecule has 0 aromatic carbocycles. The Balaban J connectivity index is 2.05. The van der Waals surface area contributed by atoms with Crippen LogP contribution in [-0.4, -0.2) is 30.2 Å². The molecule has 1 aliphatic carbocycles. The Bertz CT molecular complexity index is 389. The Morgan fingerprint density at radius 2 is 1.89 bits per heavy atom. The third-order valence-corrected chi connectivity index (χ3v) is 3.79. The van der Waals surface area contributed by atoms with E-state index in [0.29, 0.717) is 23.8 Å². The van der Waals surface area contributed by atoms with Gasteiger partial charge in [0.2, 0.25) is 17.7 Å². The zero-order valence-electron chi connectivity index (χ0n) is 12.0. The lowest BCUT2D eigenvalue weighted by molar-refractivity contribution is 0.325. The van der Waals surface area contributed by atoms with Gasteiger partial charge in [-0.25, -0.2) is 0 Å². The highest BCUT2D eigenvalue weighted by Crippen LogP contribution is 2.28. The molecule has 0 bridgehead atoms. The fourth-order valence-electron chi connectivity index (χ4n) is 2.65. The van der Waals surface area contributed by atoms with Gasteiger partial charge in [-0.2, -0.15) is 9.97 Å². The van der Waals surface area contributed by atoms with Gasteiger partial charge in [-0.3, -0.25) is 0 Å². The average molecular weight is 265 g/mol. The third kappa shape index (κ3) is 3.72. The first kappa shape index (κ1) is 13.9. The smallest absolute Gasteiger partial charge is 0.229 e. The summed E-state index contributed by atoms with van der Waals surface area (Å²) in [5.74, 6) is 2.46. The molecule has 5 nitrogen and oxygen atoms in total. The molecule has 5 heteroatoms. The summed E-state index contributed by atoms with van der Waals surface area (Å²) >= 11 is 0. The molecule has 0 radical (unpaired) electrons. The van der Waals surface area contributed by atoms with Gasteiger partial charge in [-0.05, 0) is 18.8 Å². The van der Waals surface area contributed by atoms with Crippen LogP contribution in [0.3, 0.4) is 0 Å². The monoisotopic (exact) mass is 265 g/mol. The van der Waals surface area contributed by atoms with E-state index in [2.05, 4.69) is 22.2 Å². The number of aromatic nitrogens is 2. The van der Waals surface area contributed by atoms with Gasteiger partial charge in [0, 0.05) is 6.04 Å². The summed E-state index contributed by atoms with van der Waals surface area (Å²) in [6.07, 6.45) is 6.24. The lowest BCUT2D eigenvalue weighted by Crippen LogP contribution is -2.28. The number of hydrogen-bond acceptors (Lipinski definition) is 5. The van der Waals surface area contributed by atoms with Crippen molar-refractivity contribution in [1.82, 2.24) is 9.97 Å². The largest absolute Gasteiger partial charge is 0.481 e. The molecular formula is C14H23N3O2. The molecule has 2 atom stereocenters. The van der Waals surface area contributed by atoms with Crippen molar-refractivity contribution in [3.63, 3.8) is 0 Å². The van der Waals surface area contributed by atoms with Crippen molar-refractivity contribution < 1.29 is 9.47 Å². The summed E-state index contributed by atoms with van der Waals surface area (Å²) in [5.41, 5.74) is 0. The Kier molecular flexibility index (Phi) is 4.82. The number of hydrogen-bond donors (Lipinski definition) is 1. The van der Waals surface area contributed by atoms with Gasteiger partial charge in [0.1, 0.15) is 0 Å². The van der Waals surface area contributed by atoms with E-state index in [9.17, 15) is 0 Å². The van der Waals surface area contributed by atoms with Gasteiger partial charge >= 0.3 is 0 Å². The van der Waals surface area contributed by atoms with Crippen LogP contribution in [0.5, 0.6) is 11.8 Å². The minimum Gasteiger partial charge on any atom is -0.481 e. The molecule has 0 saturated heterocycles. The van der Waals surface area contributed by atoms with E-state index in [0.717, 1.165) is 5.92 Å². The Morgan fingerprint density at radius 1 is 1.21 bits per heavy atom. The van der Waals surface area contributed by atoms with Crippen molar-refractivity contribution in [3.05, 3.63) is 6.07 Å². The highest BCUT2D eigenvalue weighted by atomic mass is 16.5. The van der Waals surface area contributed by atoms with E-state index in [1.807, 2.05) is 0 Å². The molecule has 1 heterocycles. The van der Waals surface area contributed by atoms with Crippen LogP contribution >= 0.6 is 0 Å². The maximum absolute atomic E-state index is 5.16. The number of methoxy groups -OCH3 is 2. The fraction of sp³-hybridized carbons (Fsp3) is 0.714. The normalized spacial score (nSPS) is 22.9. The number of anilines is 1. The van der Waals surface area contributed by atoms with Gasteiger partial charge < -0.3 is 14.8 Å².